The van der Waals surface area contributed by atoms with Crippen LogP contribution in [-0.2, 0) is 17.8 Å². The molecule has 2 bridgehead atoms. The van der Waals surface area contributed by atoms with Gasteiger partial charge in [0.25, 0.3) is 0 Å². The number of rotatable bonds is 8. The van der Waals surface area contributed by atoms with Crippen molar-refractivity contribution in [2.75, 3.05) is 56.7 Å². The summed E-state index contributed by atoms with van der Waals surface area (Å²) in [5.74, 6) is -1.48. The molecule has 1 N–H and O–H groups in total. The van der Waals surface area contributed by atoms with Gasteiger partial charge in [0.05, 0.1) is 18.8 Å². The van der Waals surface area contributed by atoms with Gasteiger partial charge in [-0.05, 0) is 51.2 Å². The van der Waals surface area contributed by atoms with E-state index in [-0.39, 0.29) is 5.75 Å². The third-order valence-electron chi connectivity index (χ3n) is 8.12. The highest BCUT2D eigenvalue weighted by Gasteiger charge is 2.41. The van der Waals surface area contributed by atoms with E-state index in [1.807, 2.05) is 26.2 Å². The zero-order chi connectivity index (χ0) is 29.4. The van der Waals surface area contributed by atoms with Gasteiger partial charge in [0, 0.05) is 61.0 Å². The first-order valence-electron chi connectivity index (χ1n) is 14.4. The van der Waals surface area contributed by atoms with Crippen LogP contribution in [-0.4, -0.2) is 86.0 Å². The molecule has 0 aliphatic carbocycles. The van der Waals surface area contributed by atoms with Crippen LogP contribution >= 0.6 is 0 Å². The molecule has 0 radical (unpaired) electrons. The topological polar surface area (TPSA) is 83.1 Å². The number of anilines is 2. The molecule has 1 aromatic heterocycles. The molecule has 0 amide bonds. The predicted molar refractivity (Wildman–Crippen MR) is 153 cm³/mol. The summed E-state index contributed by atoms with van der Waals surface area (Å²) < 4.78 is 49.7. The number of carbonyl (C=O) groups excluding carboxylic acids is 1. The van der Waals surface area contributed by atoms with E-state index in [9.17, 15) is 18.0 Å². The second kappa shape index (κ2) is 11.6. The highest BCUT2D eigenvalue weighted by atomic mass is 19.4. The number of esters is 1. The van der Waals surface area contributed by atoms with Crippen LogP contribution in [0.2, 0.25) is 0 Å². The molecule has 2 fully saturated rings. The van der Waals surface area contributed by atoms with E-state index in [4.69, 9.17) is 19.4 Å². The monoisotopic (exact) mass is 584 g/mol. The van der Waals surface area contributed by atoms with Crippen molar-refractivity contribution in [3.05, 3.63) is 47.7 Å². The standard InChI is InChI=1S/C30H35F3N6O3/c1-37(2)11-5-13-41-29-35-25-18-38(12-10-24(25)27(36-29)39-16-20-8-9-21(17-39)34-20)26-15-22(42-28(40)30(31,32)33)14-19-6-3-4-7-23(19)26/h3-4,6-7,14-15,20-21,34H,5,8-13,16-18H2,1-2H3. The number of halogens is 3. The number of hydrogen-bond acceptors (Lipinski definition) is 9. The number of carbonyl (C=O) groups is 1. The Hall–Kier alpha value is -3.64. The summed E-state index contributed by atoms with van der Waals surface area (Å²) in [6.07, 6.45) is -1.29. The predicted octanol–water partition coefficient (Wildman–Crippen LogP) is 3.93. The largest absolute Gasteiger partial charge is 0.491 e. The van der Waals surface area contributed by atoms with E-state index < -0.39 is 12.1 Å². The lowest BCUT2D eigenvalue weighted by atomic mass is 10.0. The Morgan fingerprint density at radius 3 is 2.60 bits per heavy atom. The van der Waals surface area contributed by atoms with E-state index in [0.29, 0.717) is 55.3 Å². The summed E-state index contributed by atoms with van der Waals surface area (Å²) in [5, 5.41) is 5.20. The molecule has 0 spiro atoms. The minimum absolute atomic E-state index is 0.151. The van der Waals surface area contributed by atoms with Gasteiger partial charge in [-0.25, -0.2) is 4.79 Å². The molecule has 3 aliphatic rings. The summed E-state index contributed by atoms with van der Waals surface area (Å²) in [4.78, 5) is 27.9. The highest BCUT2D eigenvalue weighted by molar-refractivity contribution is 5.96. The number of fused-ring (bicyclic) bond motifs is 4. The third kappa shape index (κ3) is 6.10. The molecule has 3 aromatic rings. The highest BCUT2D eigenvalue weighted by Crippen LogP contribution is 2.38. The molecule has 224 valence electrons. The van der Waals surface area contributed by atoms with Gasteiger partial charge in [-0.1, -0.05) is 24.3 Å². The van der Waals surface area contributed by atoms with Crippen LogP contribution in [0.4, 0.5) is 24.7 Å². The van der Waals surface area contributed by atoms with Crippen molar-refractivity contribution in [2.24, 2.45) is 0 Å². The van der Waals surface area contributed by atoms with Crippen molar-refractivity contribution < 1.29 is 27.4 Å². The van der Waals surface area contributed by atoms with Crippen LogP contribution in [0.5, 0.6) is 11.8 Å². The molecule has 0 saturated carbocycles. The second-order valence-corrected chi connectivity index (χ2v) is 11.5. The third-order valence-corrected chi connectivity index (χ3v) is 8.12. The van der Waals surface area contributed by atoms with Crippen molar-refractivity contribution in [1.82, 2.24) is 20.2 Å². The maximum absolute atomic E-state index is 13.0. The fourth-order valence-corrected chi connectivity index (χ4v) is 6.18. The summed E-state index contributed by atoms with van der Waals surface area (Å²) >= 11 is 0. The Balaban J connectivity index is 1.33. The number of ether oxygens (including phenoxy) is 2. The van der Waals surface area contributed by atoms with Gasteiger partial charge < -0.3 is 29.5 Å². The fraction of sp³-hybridized carbons (Fsp3) is 0.500. The van der Waals surface area contributed by atoms with Crippen LogP contribution in [0.15, 0.2) is 36.4 Å². The maximum Gasteiger partial charge on any atom is 0.491 e. The molecule has 9 nitrogen and oxygen atoms in total. The minimum atomic E-state index is -5.09. The first-order chi connectivity index (χ1) is 20.1. The number of alkyl halides is 3. The lowest BCUT2D eigenvalue weighted by Crippen LogP contribution is -2.52. The summed E-state index contributed by atoms with van der Waals surface area (Å²) in [6.45, 7) is 4.14. The number of piperazine rings is 1. The fourth-order valence-electron chi connectivity index (χ4n) is 6.18. The van der Waals surface area contributed by atoms with Crippen molar-refractivity contribution in [3.63, 3.8) is 0 Å². The minimum Gasteiger partial charge on any atom is -0.463 e. The van der Waals surface area contributed by atoms with E-state index in [0.717, 1.165) is 61.4 Å². The lowest BCUT2D eigenvalue weighted by Gasteiger charge is -2.37. The Bertz CT molecular complexity index is 1450. The molecular formula is C30H35F3N6O3. The Kier molecular flexibility index (Phi) is 7.84. The van der Waals surface area contributed by atoms with Gasteiger partial charge in [0.1, 0.15) is 11.6 Å². The average molecular weight is 585 g/mol. The van der Waals surface area contributed by atoms with Gasteiger partial charge in [0.15, 0.2) is 0 Å². The van der Waals surface area contributed by atoms with Gasteiger partial charge in [-0.3, -0.25) is 0 Å². The zero-order valence-corrected chi connectivity index (χ0v) is 23.8. The maximum atomic E-state index is 13.0. The molecular weight excluding hydrogens is 549 g/mol. The van der Waals surface area contributed by atoms with Crippen LogP contribution in [0.3, 0.4) is 0 Å². The average Bonchev–Trinajstić information content (AvgIpc) is 3.30. The Morgan fingerprint density at radius 2 is 1.86 bits per heavy atom. The number of nitrogens with one attached hydrogen (secondary N) is 1. The summed E-state index contributed by atoms with van der Waals surface area (Å²) in [6, 6.07) is 11.6. The van der Waals surface area contributed by atoms with Crippen molar-refractivity contribution in [2.45, 2.75) is 50.5 Å². The van der Waals surface area contributed by atoms with Crippen LogP contribution in [0.25, 0.3) is 10.8 Å². The van der Waals surface area contributed by atoms with Crippen molar-refractivity contribution >= 4 is 28.2 Å². The number of benzene rings is 2. The van der Waals surface area contributed by atoms with Gasteiger partial charge in [0.2, 0.25) is 0 Å². The van der Waals surface area contributed by atoms with Gasteiger partial charge >= 0.3 is 18.2 Å². The van der Waals surface area contributed by atoms with E-state index in [1.165, 1.54) is 12.1 Å². The van der Waals surface area contributed by atoms with Crippen LogP contribution < -0.4 is 24.6 Å². The quantitative estimate of drug-likeness (QED) is 0.241. The molecule has 3 aliphatic heterocycles. The summed E-state index contributed by atoms with van der Waals surface area (Å²) in [7, 11) is 4.03. The number of hydrogen-bond donors (Lipinski definition) is 1. The zero-order valence-electron chi connectivity index (χ0n) is 23.8. The second-order valence-electron chi connectivity index (χ2n) is 11.5. The molecule has 42 heavy (non-hydrogen) atoms. The number of aromatic nitrogens is 2. The first-order valence-corrected chi connectivity index (χ1v) is 14.4. The van der Waals surface area contributed by atoms with E-state index >= 15 is 0 Å². The smallest absolute Gasteiger partial charge is 0.463 e. The first kappa shape index (κ1) is 28.5. The van der Waals surface area contributed by atoms with Gasteiger partial charge in [-0.2, -0.15) is 23.1 Å². The van der Waals surface area contributed by atoms with Crippen LogP contribution in [0, 0.1) is 0 Å². The molecule has 2 unspecified atom stereocenters. The Labute approximate surface area is 242 Å². The van der Waals surface area contributed by atoms with Crippen molar-refractivity contribution in [3.8, 4) is 11.8 Å². The molecule has 12 heteroatoms. The SMILES string of the molecule is CN(C)CCCOc1nc2c(c(N3CC4CCC(C3)N4)n1)CCN(c1cc(OC(=O)C(F)(F)F)cc3ccccc13)C2. The normalized spacial score (nSPS) is 20.2. The molecule has 2 saturated heterocycles. The lowest BCUT2D eigenvalue weighted by molar-refractivity contribution is -0.189. The summed E-state index contributed by atoms with van der Waals surface area (Å²) in [5.41, 5.74) is 2.59. The van der Waals surface area contributed by atoms with Crippen molar-refractivity contribution in [1.29, 1.82) is 0 Å². The van der Waals surface area contributed by atoms with E-state index in [2.05, 4.69) is 20.0 Å². The van der Waals surface area contributed by atoms with E-state index in [1.54, 1.807) is 12.1 Å². The Morgan fingerprint density at radius 1 is 1.10 bits per heavy atom. The number of nitrogens with zero attached hydrogens (tertiary/aromatic N) is 5. The van der Waals surface area contributed by atoms with Crippen LogP contribution in [0.1, 0.15) is 30.5 Å². The molecule has 2 atom stereocenters. The molecule has 4 heterocycles. The molecule has 6 rings (SSSR count). The molecule has 2 aromatic carbocycles. The van der Waals surface area contributed by atoms with Gasteiger partial charge in [-0.15, -0.1) is 0 Å².